The van der Waals surface area contributed by atoms with Crippen LogP contribution < -0.4 is 19.6 Å². The van der Waals surface area contributed by atoms with Gasteiger partial charge in [-0.1, -0.05) is 18.2 Å². The minimum atomic E-state index is -0.543. The van der Waals surface area contributed by atoms with E-state index in [0.29, 0.717) is 28.6 Å². The maximum atomic E-state index is 12.2. The molecule has 1 amide bonds. The topological polar surface area (TPSA) is 99.4 Å². The molecule has 0 bridgehead atoms. The number of nitrogens with one attached hydrogen (secondary N) is 1. The zero-order valence-corrected chi connectivity index (χ0v) is 17.6. The van der Waals surface area contributed by atoms with Gasteiger partial charge in [0.1, 0.15) is 11.5 Å². The van der Waals surface area contributed by atoms with Crippen LogP contribution in [0.4, 0.5) is 0 Å². The van der Waals surface area contributed by atoms with Crippen LogP contribution in [0, 0.1) is 0 Å². The maximum Gasteiger partial charge on any atom is 0.336 e. The van der Waals surface area contributed by atoms with Gasteiger partial charge in [0.15, 0.2) is 11.5 Å². The number of amides is 1. The Hall–Kier alpha value is -4.33. The van der Waals surface area contributed by atoms with Gasteiger partial charge in [-0.2, -0.15) is 5.10 Å². The van der Waals surface area contributed by atoms with Gasteiger partial charge < -0.3 is 18.6 Å². The molecule has 0 fully saturated rings. The van der Waals surface area contributed by atoms with Gasteiger partial charge in [-0.15, -0.1) is 0 Å². The number of hydrogen-bond acceptors (Lipinski definition) is 7. The summed E-state index contributed by atoms with van der Waals surface area (Å²) in [4.78, 5) is 24.1. The monoisotopic (exact) mass is 434 g/mol. The highest BCUT2D eigenvalue weighted by molar-refractivity contribution is 5.89. The molecule has 0 spiro atoms. The molecule has 0 unspecified atom stereocenters. The second kappa shape index (κ2) is 11.2. The summed E-state index contributed by atoms with van der Waals surface area (Å²) in [6.45, 7) is 0. The van der Waals surface area contributed by atoms with Gasteiger partial charge in [-0.05, 0) is 53.6 Å². The minimum absolute atomic E-state index is 0.122. The Balaban J connectivity index is 1.53. The average Bonchev–Trinajstić information content (AvgIpc) is 3.31. The summed E-state index contributed by atoms with van der Waals surface area (Å²) in [5, 5.41) is 3.96. The molecule has 1 N–H and O–H groups in total. The van der Waals surface area contributed by atoms with Crippen molar-refractivity contribution in [1.82, 2.24) is 5.43 Å². The fourth-order valence-electron chi connectivity index (χ4n) is 2.74. The molecule has 0 aliphatic carbocycles. The fourth-order valence-corrected chi connectivity index (χ4v) is 2.74. The molecule has 8 heteroatoms. The maximum absolute atomic E-state index is 12.2. The summed E-state index contributed by atoms with van der Waals surface area (Å²) in [6, 6.07) is 15.4. The Morgan fingerprint density at radius 3 is 2.62 bits per heavy atom. The van der Waals surface area contributed by atoms with Crippen LogP contribution in [-0.2, 0) is 16.0 Å². The molecular weight excluding hydrogens is 412 g/mol. The number of esters is 1. The van der Waals surface area contributed by atoms with Gasteiger partial charge in [0.2, 0.25) is 5.91 Å². The van der Waals surface area contributed by atoms with Crippen molar-refractivity contribution in [3.05, 3.63) is 83.8 Å². The van der Waals surface area contributed by atoms with Crippen molar-refractivity contribution in [1.29, 1.82) is 0 Å². The van der Waals surface area contributed by atoms with Crippen LogP contribution in [0.3, 0.4) is 0 Å². The average molecular weight is 434 g/mol. The van der Waals surface area contributed by atoms with Crippen molar-refractivity contribution in [2.24, 2.45) is 5.10 Å². The van der Waals surface area contributed by atoms with Crippen molar-refractivity contribution in [3.63, 3.8) is 0 Å². The number of nitrogens with zero attached hydrogens (tertiary/aromatic N) is 1. The lowest BCUT2D eigenvalue weighted by atomic mass is 10.1. The Bertz CT molecular complexity index is 1120. The molecule has 1 aromatic heterocycles. The van der Waals surface area contributed by atoms with Gasteiger partial charge in [0.05, 0.1) is 33.1 Å². The zero-order chi connectivity index (χ0) is 22.8. The van der Waals surface area contributed by atoms with Crippen LogP contribution in [0.25, 0.3) is 6.08 Å². The van der Waals surface area contributed by atoms with Crippen molar-refractivity contribution < 1.29 is 28.2 Å². The van der Waals surface area contributed by atoms with Crippen LogP contribution in [0.1, 0.15) is 16.9 Å². The first-order valence-electron chi connectivity index (χ1n) is 9.63. The molecule has 3 aromatic rings. The van der Waals surface area contributed by atoms with Crippen LogP contribution in [0.2, 0.25) is 0 Å². The Morgan fingerprint density at radius 2 is 1.88 bits per heavy atom. The van der Waals surface area contributed by atoms with Crippen molar-refractivity contribution >= 4 is 24.2 Å². The molecule has 0 saturated heterocycles. The van der Waals surface area contributed by atoms with E-state index < -0.39 is 5.97 Å². The van der Waals surface area contributed by atoms with Crippen LogP contribution in [0.15, 0.2) is 76.5 Å². The lowest BCUT2D eigenvalue weighted by Crippen LogP contribution is -2.19. The lowest BCUT2D eigenvalue weighted by Gasteiger charge is -2.09. The molecular formula is C24H22N2O6. The first kappa shape index (κ1) is 22.4. The van der Waals surface area contributed by atoms with E-state index in [9.17, 15) is 9.59 Å². The van der Waals surface area contributed by atoms with Crippen LogP contribution in [-0.4, -0.2) is 32.3 Å². The van der Waals surface area contributed by atoms with E-state index in [2.05, 4.69) is 10.5 Å². The van der Waals surface area contributed by atoms with Gasteiger partial charge in [0.25, 0.3) is 0 Å². The SMILES string of the molecule is COc1ccc(CC(=O)N/N=C\c2cccc(OC(=O)/C=C\c3ccco3)c2)cc1OC. The number of benzene rings is 2. The fraction of sp³-hybridized carbons (Fsp3) is 0.125. The number of furan rings is 1. The molecule has 1 heterocycles. The highest BCUT2D eigenvalue weighted by Crippen LogP contribution is 2.27. The molecule has 0 saturated carbocycles. The van der Waals surface area contributed by atoms with Crippen molar-refractivity contribution in [2.75, 3.05) is 14.2 Å². The lowest BCUT2D eigenvalue weighted by molar-refractivity contribution is -0.129. The molecule has 8 nitrogen and oxygen atoms in total. The molecule has 0 atom stereocenters. The standard InChI is InChI=1S/C24H22N2O6/c1-29-21-10-8-17(14-22(21)30-2)15-23(27)26-25-16-18-5-3-6-20(13-18)32-24(28)11-9-19-7-4-12-31-19/h3-14,16H,15H2,1-2H3,(H,26,27)/b11-9-,25-16-. The highest BCUT2D eigenvalue weighted by Gasteiger charge is 2.08. The molecule has 2 aromatic carbocycles. The quantitative estimate of drug-likeness (QED) is 0.182. The van der Waals surface area contributed by atoms with Gasteiger partial charge in [-0.25, -0.2) is 10.2 Å². The Kier molecular flexibility index (Phi) is 7.80. The summed E-state index contributed by atoms with van der Waals surface area (Å²) in [5.41, 5.74) is 3.88. The van der Waals surface area contributed by atoms with Gasteiger partial charge in [0, 0.05) is 6.08 Å². The summed E-state index contributed by atoms with van der Waals surface area (Å²) in [5.74, 6) is 1.20. The first-order chi connectivity index (χ1) is 15.6. The third-order valence-electron chi connectivity index (χ3n) is 4.22. The van der Waals surface area contributed by atoms with E-state index in [1.54, 1.807) is 61.7 Å². The van der Waals surface area contributed by atoms with E-state index in [-0.39, 0.29) is 12.3 Å². The van der Waals surface area contributed by atoms with Crippen molar-refractivity contribution in [3.8, 4) is 17.2 Å². The van der Waals surface area contributed by atoms with Crippen LogP contribution in [0.5, 0.6) is 17.2 Å². The van der Waals surface area contributed by atoms with Crippen molar-refractivity contribution in [2.45, 2.75) is 6.42 Å². The third kappa shape index (κ3) is 6.60. The summed E-state index contributed by atoms with van der Waals surface area (Å²) < 4.78 is 20.8. The number of rotatable bonds is 9. The van der Waals surface area contributed by atoms with E-state index in [1.807, 2.05) is 0 Å². The minimum Gasteiger partial charge on any atom is -0.493 e. The number of hydrazone groups is 1. The second-order valence-corrected chi connectivity index (χ2v) is 6.50. The Morgan fingerprint density at radius 1 is 1.03 bits per heavy atom. The first-order valence-corrected chi connectivity index (χ1v) is 9.63. The van der Waals surface area contributed by atoms with E-state index in [0.717, 1.165) is 5.56 Å². The number of carbonyl (C=O) groups is 2. The van der Waals surface area contributed by atoms with Crippen LogP contribution >= 0.6 is 0 Å². The third-order valence-corrected chi connectivity index (χ3v) is 4.22. The summed E-state index contributed by atoms with van der Waals surface area (Å²) in [7, 11) is 3.08. The summed E-state index contributed by atoms with van der Waals surface area (Å²) >= 11 is 0. The molecule has 0 radical (unpaired) electrons. The molecule has 3 rings (SSSR count). The number of ether oxygens (including phenoxy) is 3. The second-order valence-electron chi connectivity index (χ2n) is 6.50. The van der Waals surface area contributed by atoms with E-state index in [4.69, 9.17) is 18.6 Å². The largest absolute Gasteiger partial charge is 0.493 e. The number of carbonyl (C=O) groups excluding carboxylic acids is 2. The molecule has 164 valence electrons. The molecule has 0 aliphatic heterocycles. The number of methoxy groups -OCH3 is 2. The van der Waals surface area contributed by atoms with Gasteiger partial charge >= 0.3 is 5.97 Å². The normalized spacial score (nSPS) is 10.9. The highest BCUT2D eigenvalue weighted by atomic mass is 16.5. The summed E-state index contributed by atoms with van der Waals surface area (Å²) in [6.07, 6.45) is 5.88. The molecule has 32 heavy (non-hydrogen) atoms. The molecule has 0 aliphatic rings. The zero-order valence-electron chi connectivity index (χ0n) is 17.6. The van der Waals surface area contributed by atoms with E-state index in [1.165, 1.54) is 31.7 Å². The smallest absolute Gasteiger partial charge is 0.336 e. The Labute approximate surface area is 185 Å². The van der Waals surface area contributed by atoms with Gasteiger partial charge in [-0.3, -0.25) is 4.79 Å². The van der Waals surface area contributed by atoms with E-state index >= 15 is 0 Å². The predicted molar refractivity (Wildman–Crippen MR) is 119 cm³/mol. The number of hydrogen-bond donors (Lipinski definition) is 1. The predicted octanol–water partition coefficient (Wildman–Crippen LogP) is 3.61.